The molecule has 5 rings (SSSR count). The van der Waals surface area contributed by atoms with Gasteiger partial charge in [-0.3, -0.25) is 42.8 Å². The molecule has 302 valence electrons. The number of anilines is 1. The van der Waals surface area contributed by atoms with E-state index in [1.54, 1.807) is 6.07 Å². The van der Waals surface area contributed by atoms with Gasteiger partial charge in [-0.25, -0.2) is 9.78 Å². The monoisotopic (exact) mass is 782 g/mol. The number of carbonyl (C=O) groups excluding carboxylic acids is 4. The van der Waals surface area contributed by atoms with Crippen LogP contribution in [0.1, 0.15) is 79.7 Å². The van der Waals surface area contributed by atoms with Gasteiger partial charge in [0.25, 0.3) is 17.4 Å². The number of nitrogens with one attached hydrogen (secondary N) is 2. The van der Waals surface area contributed by atoms with Crippen molar-refractivity contribution in [1.29, 1.82) is 0 Å². The minimum absolute atomic E-state index is 0.0183. The van der Waals surface area contributed by atoms with Gasteiger partial charge >= 0.3 is 11.7 Å². The van der Waals surface area contributed by atoms with Gasteiger partial charge in [-0.15, -0.1) is 0 Å². The van der Waals surface area contributed by atoms with Crippen LogP contribution in [0.4, 0.5) is 5.69 Å². The van der Waals surface area contributed by atoms with Gasteiger partial charge in [0.2, 0.25) is 5.91 Å². The first-order chi connectivity index (χ1) is 27.4. The lowest BCUT2D eigenvalue weighted by molar-refractivity contribution is -0.138. The molecule has 0 radical (unpaired) electrons. The van der Waals surface area contributed by atoms with E-state index in [2.05, 4.69) is 10.6 Å². The number of aryl methyl sites for hydroxylation is 2. The first-order valence-corrected chi connectivity index (χ1v) is 19.4. The molecule has 1 unspecified atom stereocenters. The van der Waals surface area contributed by atoms with Crippen LogP contribution in [-0.2, 0) is 51.7 Å². The zero-order valence-corrected chi connectivity index (χ0v) is 32.4. The van der Waals surface area contributed by atoms with Gasteiger partial charge in [-0.2, -0.15) is 0 Å². The van der Waals surface area contributed by atoms with Crippen molar-refractivity contribution in [1.82, 2.24) is 34.2 Å². The molecule has 4 aromatic rings. The topological polar surface area (TPSA) is 221 Å². The van der Waals surface area contributed by atoms with E-state index in [9.17, 15) is 38.7 Å². The van der Waals surface area contributed by atoms with Gasteiger partial charge in [0.1, 0.15) is 11.9 Å². The number of benzene rings is 2. The smallest absolute Gasteiger partial charge is 0.332 e. The van der Waals surface area contributed by atoms with Crippen LogP contribution in [0.5, 0.6) is 0 Å². The number of fused-ring (bicyclic) bond motifs is 1. The second kappa shape index (κ2) is 19.6. The summed E-state index contributed by atoms with van der Waals surface area (Å²) in [4.78, 5) is 95.2. The third kappa shape index (κ3) is 10.4. The highest BCUT2D eigenvalue weighted by Gasteiger charge is 2.27. The molecular weight excluding hydrogens is 732 g/mol. The summed E-state index contributed by atoms with van der Waals surface area (Å²) in [5.74, 6) is -2.50. The van der Waals surface area contributed by atoms with E-state index in [1.165, 1.54) is 33.4 Å². The summed E-state index contributed by atoms with van der Waals surface area (Å²) < 4.78 is 4.65. The molecule has 0 saturated carbocycles. The molecule has 16 nitrogen and oxygen atoms in total. The summed E-state index contributed by atoms with van der Waals surface area (Å²) in [5, 5.41) is 15.4. The Bertz CT molecular complexity index is 2260. The molecular formula is C41H50N8O8. The lowest BCUT2D eigenvalue weighted by Crippen LogP contribution is -2.42. The molecule has 1 aliphatic rings. The van der Waals surface area contributed by atoms with E-state index in [4.69, 9.17) is 10.7 Å². The molecule has 0 fully saturated rings. The standard InChI is InChI=1S/C41H50N8O8/c1-3-20-49-40(56)37-39(45-32(46(37)23-19-43-4-2)24-27-11-7-5-8-12-27)48(41(49)57)22-18-28-14-15-29(25-30(28)42)38(55)31(26-36(53)54)44-33(50)13-9-6-10-21-47-34(51)16-17-35(47)52/h5,7-8,11-12,14-17,25,31,43H,3-4,6,9-10,13,18-24,26,42H2,1-2H3,(H,44,50)(H,53,54). The van der Waals surface area contributed by atoms with Crippen molar-refractivity contribution in [2.45, 2.75) is 90.9 Å². The number of nitrogens with two attached hydrogens (primary N) is 1. The summed E-state index contributed by atoms with van der Waals surface area (Å²) in [6.07, 6.45) is 4.50. The summed E-state index contributed by atoms with van der Waals surface area (Å²) in [7, 11) is 0. The molecule has 1 atom stereocenters. The number of hydrogen-bond donors (Lipinski definition) is 4. The van der Waals surface area contributed by atoms with Gasteiger partial charge in [0.15, 0.2) is 16.9 Å². The number of aliphatic carboxylic acids is 1. The Kier molecular flexibility index (Phi) is 14.5. The van der Waals surface area contributed by atoms with Crippen molar-refractivity contribution < 1.29 is 29.1 Å². The maximum atomic E-state index is 13.9. The minimum Gasteiger partial charge on any atom is -0.481 e. The van der Waals surface area contributed by atoms with Crippen molar-refractivity contribution in [3.63, 3.8) is 0 Å². The van der Waals surface area contributed by atoms with E-state index >= 15 is 0 Å². The predicted octanol–water partition coefficient (Wildman–Crippen LogP) is 2.42. The number of imidazole rings is 1. The Morgan fingerprint density at radius 3 is 2.26 bits per heavy atom. The number of hydrogen-bond acceptors (Lipinski definition) is 10. The Hall–Kier alpha value is -6.16. The van der Waals surface area contributed by atoms with Crippen LogP contribution >= 0.6 is 0 Å². The van der Waals surface area contributed by atoms with Crippen LogP contribution in [0.3, 0.4) is 0 Å². The SMILES string of the molecule is CCCn1c(=O)c2c(nc(Cc3ccccc3)n2CCNCC)n(CCc2ccc(C(=O)C(CC(=O)O)NC(=O)CCCCCN3C(=O)C=CC3=O)cc2N)c1=O. The number of carboxylic acid groups (broad SMARTS) is 1. The molecule has 5 N–H and O–H groups in total. The fourth-order valence-electron chi connectivity index (χ4n) is 6.92. The third-order valence-electron chi connectivity index (χ3n) is 9.86. The van der Waals surface area contributed by atoms with Crippen LogP contribution in [0.25, 0.3) is 11.2 Å². The van der Waals surface area contributed by atoms with Crippen LogP contribution in [0, 0.1) is 0 Å². The number of carboxylic acids is 1. The van der Waals surface area contributed by atoms with E-state index in [0.717, 1.165) is 17.0 Å². The predicted molar refractivity (Wildman–Crippen MR) is 214 cm³/mol. The van der Waals surface area contributed by atoms with Gasteiger partial charge < -0.3 is 26.0 Å². The Morgan fingerprint density at radius 2 is 1.60 bits per heavy atom. The maximum Gasteiger partial charge on any atom is 0.332 e. The van der Waals surface area contributed by atoms with E-state index in [-0.39, 0.29) is 61.2 Å². The molecule has 3 amide bonds. The minimum atomic E-state index is -1.34. The highest BCUT2D eigenvalue weighted by atomic mass is 16.4. The van der Waals surface area contributed by atoms with Gasteiger partial charge in [0.05, 0.1) is 6.42 Å². The summed E-state index contributed by atoms with van der Waals surface area (Å²) in [6, 6.07) is 13.0. The molecule has 2 aromatic heterocycles. The second-order valence-electron chi connectivity index (χ2n) is 14.0. The maximum absolute atomic E-state index is 13.9. The quantitative estimate of drug-likeness (QED) is 0.0393. The number of ketones is 1. The first-order valence-electron chi connectivity index (χ1n) is 19.4. The lowest BCUT2D eigenvalue weighted by atomic mass is 9.98. The Labute approximate surface area is 329 Å². The fourth-order valence-corrected chi connectivity index (χ4v) is 6.92. The van der Waals surface area contributed by atoms with Gasteiger partial charge in [-0.1, -0.05) is 62.7 Å². The number of imide groups is 1. The highest BCUT2D eigenvalue weighted by Crippen LogP contribution is 2.20. The van der Waals surface area contributed by atoms with Crippen LogP contribution in [0.15, 0.2) is 70.3 Å². The average molecular weight is 783 g/mol. The Morgan fingerprint density at radius 1 is 0.860 bits per heavy atom. The third-order valence-corrected chi connectivity index (χ3v) is 9.86. The largest absolute Gasteiger partial charge is 0.481 e. The number of aromatic nitrogens is 4. The molecule has 0 saturated heterocycles. The van der Waals surface area contributed by atoms with E-state index in [1.807, 2.05) is 48.7 Å². The molecule has 0 aliphatic carbocycles. The number of likely N-dealkylation sites (N-methyl/N-ethyl adjacent to an activating group) is 1. The number of rotatable bonds is 22. The van der Waals surface area contributed by atoms with Crippen molar-refractivity contribution in [3.05, 3.63) is 104 Å². The molecule has 3 heterocycles. The Balaban J connectivity index is 1.32. The molecule has 0 spiro atoms. The summed E-state index contributed by atoms with van der Waals surface area (Å²) in [5.41, 5.74) is 8.16. The van der Waals surface area contributed by atoms with Crippen LogP contribution in [0.2, 0.25) is 0 Å². The first kappa shape index (κ1) is 42.0. The average Bonchev–Trinajstić information content (AvgIpc) is 3.70. The summed E-state index contributed by atoms with van der Waals surface area (Å²) in [6.45, 7) is 6.31. The fraction of sp³-hybridized carbons (Fsp3) is 0.415. The normalized spacial score (nSPS) is 13.1. The van der Waals surface area contributed by atoms with E-state index < -0.39 is 41.4 Å². The van der Waals surface area contributed by atoms with Crippen molar-refractivity contribution in [2.75, 3.05) is 25.4 Å². The van der Waals surface area contributed by atoms with Crippen LogP contribution in [-0.4, -0.2) is 83.8 Å². The molecule has 1 aliphatic heterocycles. The second-order valence-corrected chi connectivity index (χ2v) is 14.0. The number of nitrogens with zero attached hydrogens (tertiary/aromatic N) is 5. The number of nitrogen functional groups attached to an aromatic ring is 1. The zero-order chi connectivity index (χ0) is 41.1. The number of amides is 3. The highest BCUT2D eigenvalue weighted by molar-refractivity contribution is 6.12. The number of unbranched alkanes of at least 4 members (excludes halogenated alkanes) is 2. The van der Waals surface area contributed by atoms with Gasteiger partial charge in [-0.05, 0) is 49.4 Å². The van der Waals surface area contributed by atoms with Crippen molar-refractivity contribution in [3.8, 4) is 0 Å². The molecule has 0 bridgehead atoms. The number of Topliss-reactive ketones (excluding diaryl/α,β-unsaturated/α-hetero) is 1. The van der Waals surface area contributed by atoms with Crippen LogP contribution < -0.4 is 27.6 Å². The molecule has 2 aromatic carbocycles. The van der Waals surface area contributed by atoms with Gasteiger partial charge in [0, 0.05) is 69.0 Å². The zero-order valence-electron chi connectivity index (χ0n) is 32.4. The number of carbonyl (C=O) groups is 5. The summed E-state index contributed by atoms with van der Waals surface area (Å²) >= 11 is 0. The molecule has 16 heteroatoms. The van der Waals surface area contributed by atoms with Crippen molar-refractivity contribution >= 4 is 46.3 Å². The molecule has 57 heavy (non-hydrogen) atoms. The van der Waals surface area contributed by atoms with E-state index in [0.29, 0.717) is 62.1 Å². The lowest BCUT2D eigenvalue weighted by Gasteiger charge is -2.17. The van der Waals surface area contributed by atoms with Crippen molar-refractivity contribution in [2.24, 2.45) is 0 Å².